The third kappa shape index (κ3) is 4.03. The fourth-order valence-corrected chi connectivity index (χ4v) is 2.62. The van der Waals surface area contributed by atoms with Crippen LogP contribution in [-0.4, -0.2) is 48.1 Å². The topological polar surface area (TPSA) is 15.3 Å². The summed E-state index contributed by atoms with van der Waals surface area (Å²) in [5, 5.41) is 3.57. The molecule has 1 atom stereocenters. The predicted molar refractivity (Wildman–Crippen MR) is 66.0 cm³/mol. The fraction of sp³-hybridized carbons (Fsp3) is 0.818. The highest BCUT2D eigenvalue weighted by atomic mass is 32.2. The largest absolute Gasteiger partial charge is 0.311 e. The van der Waals surface area contributed by atoms with E-state index in [2.05, 4.69) is 42.4 Å². The maximum Gasteiger partial charge on any atom is 0.0286 e. The van der Waals surface area contributed by atoms with Gasteiger partial charge in [0, 0.05) is 43.2 Å². The summed E-state index contributed by atoms with van der Waals surface area (Å²) < 4.78 is 0. The Labute approximate surface area is 92.1 Å². The second-order valence-electron chi connectivity index (χ2n) is 4.06. The van der Waals surface area contributed by atoms with E-state index < -0.39 is 0 Å². The van der Waals surface area contributed by atoms with Crippen LogP contribution in [0.1, 0.15) is 13.8 Å². The van der Waals surface area contributed by atoms with Gasteiger partial charge in [0.2, 0.25) is 0 Å². The van der Waals surface area contributed by atoms with Crippen LogP contribution in [0.5, 0.6) is 0 Å². The fourth-order valence-electron chi connectivity index (χ4n) is 1.68. The maximum absolute atomic E-state index is 3.81. The molecule has 0 spiro atoms. The molecule has 0 aliphatic carbocycles. The summed E-state index contributed by atoms with van der Waals surface area (Å²) >= 11 is 2.06. The predicted octanol–water partition coefficient (Wildman–Crippen LogP) is 1.59. The Morgan fingerprint density at radius 2 is 2.43 bits per heavy atom. The van der Waals surface area contributed by atoms with E-state index in [-0.39, 0.29) is 0 Å². The zero-order valence-electron chi connectivity index (χ0n) is 9.33. The van der Waals surface area contributed by atoms with Crippen LogP contribution >= 0.6 is 11.8 Å². The van der Waals surface area contributed by atoms with Gasteiger partial charge in [-0.25, -0.2) is 0 Å². The second-order valence-corrected chi connectivity index (χ2v) is 5.21. The molecular weight excluding hydrogens is 192 g/mol. The van der Waals surface area contributed by atoms with Crippen LogP contribution in [0.4, 0.5) is 0 Å². The molecule has 1 N–H and O–H groups in total. The summed E-state index contributed by atoms with van der Waals surface area (Å²) in [6.07, 6.45) is 2.00. The number of hydrogen-bond acceptors (Lipinski definition) is 3. The first-order valence-corrected chi connectivity index (χ1v) is 6.55. The van der Waals surface area contributed by atoms with Crippen molar-refractivity contribution in [3.05, 3.63) is 12.7 Å². The summed E-state index contributed by atoms with van der Waals surface area (Å²) in [6, 6.07) is 1.28. The Balaban J connectivity index is 2.33. The number of rotatable bonds is 5. The zero-order valence-corrected chi connectivity index (χ0v) is 10.1. The monoisotopic (exact) mass is 214 g/mol. The van der Waals surface area contributed by atoms with Gasteiger partial charge < -0.3 is 5.32 Å². The average molecular weight is 214 g/mol. The van der Waals surface area contributed by atoms with Gasteiger partial charge in [-0.3, -0.25) is 4.90 Å². The molecule has 1 aliphatic rings. The summed E-state index contributed by atoms with van der Waals surface area (Å²) in [4.78, 5) is 2.47. The minimum absolute atomic E-state index is 0.613. The van der Waals surface area contributed by atoms with E-state index >= 15 is 0 Å². The molecule has 1 heterocycles. The molecule has 0 radical (unpaired) electrons. The van der Waals surface area contributed by atoms with Crippen molar-refractivity contribution in [3.63, 3.8) is 0 Å². The van der Waals surface area contributed by atoms with Crippen LogP contribution < -0.4 is 5.32 Å². The van der Waals surface area contributed by atoms with Gasteiger partial charge in [-0.1, -0.05) is 6.08 Å². The molecule has 3 heteroatoms. The molecule has 0 aromatic heterocycles. The first-order valence-electron chi connectivity index (χ1n) is 5.40. The molecule has 1 unspecified atom stereocenters. The average Bonchev–Trinajstić information content (AvgIpc) is 2.18. The maximum atomic E-state index is 3.81. The van der Waals surface area contributed by atoms with Crippen molar-refractivity contribution >= 4 is 11.8 Å². The lowest BCUT2D eigenvalue weighted by Crippen LogP contribution is -2.47. The normalized spacial score (nSPS) is 23.0. The smallest absolute Gasteiger partial charge is 0.0286 e. The third-order valence-corrected chi connectivity index (χ3v) is 3.68. The molecule has 0 aromatic carbocycles. The van der Waals surface area contributed by atoms with Gasteiger partial charge >= 0.3 is 0 Å². The molecule has 2 nitrogen and oxygen atoms in total. The zero-order chi connectivity index (χ0) is 10.4. The van der Waals surface area contributed by atoms with Gasteiger partial charge in [0.05, 0.1) is 0 Å². The summed E-state index contributed by atoms with van der Waals surface area (Å²) in [5.74, 6) is 2.51. The quantitative estimate of drug-likeness (QED) is 0.700. The first-order chi connectivity index (χ1) is 6.74. The Hall–Kier alpha value is 0.01000. The van der Waals surface area contributed by atoms with Gasteiger partial charge in [-0.05, 0) is 13.8 Å². The number of thioether (sulfide) groups is 1. The van der Waals surface area contributed by atoms with E-state index in [4.69, 9.17) is 0 Å². The van der Waals surface area contributed by atoms with E-state index in [1.807, 2.05) is 6.08 Å². The highest BCUT2D eigenvalue weighted by Gasteiger charge is 2.17. The van der Waals surface area contributed by atoms with Crippen molar-refractivity contribution in [2.75, 3.05) is 31.1 Å². The number of nitrogens with zero attached hydrogens (tertiary/aromatic N) is 1. The van der Waals surface area contributed by atoms with Crippen LogP contribution in [0.15, 0.2) is 12.7 Å². The van der Waals surface area contributed by atoms with Gasteiger partial charge in [-0.2, -0.15) is 11.8 Å². The third-order valence-electron chi connectivity index (χ3n) is 2.55. The second kappa shape index (κ2) is 6.49. The molecule has 14 heavy (non-hydrogen) atoms. The van der Waals surface area contributed by atoms with Crippen LogP contribution in [0, 0.1) is 0 Å². The van der Waals surface area contributed by atoms with Gasteiger partial charge in [0.15, 0.2) is 0 Å². The first kappa shape index (κ1) is 12.1. The Morgan fingerprint density at radius 1 is 1.64 bits per heavy atom. The van der Waals surface area contributed by atoms with E-state index in [1.165, 1.54) is 11.5 Å². The molecule has 0 amide bonds. The lowest BCUT2D eigenvalue weighted by Gasteiger charge is -2.32. The van der Waals surface area contributed by atoms with Crippen molar-refractivity contribution in [1.29, 1.82) is 0 Å². The SMILES string of the molecule is C=CCN(CC1CSCCN1)C(C)C. The highest BCUT2D eigenvalue weighted by Crippen LogP contribution is 2.10. The van der Waals surface area contributed by atoms with Crippen molar-refractivity contribution in [1.82, 2.24) is 10.2 Å². The molecule has 1 rings (SSSR count). The number of hydrogen-bond donors (Lipinski definition) is 1. The summed E-state index contributed by atoms with van der Waals surface area (Å²) in [6.45, 7) is 11.6. The van der Waals surface area contributed by atoms with Crippen LogP contribution in [0.2, 0.25) is 0 Å². The Morgan fingerprint density at radius 3 is 2.93 bits per heavy atom. The molecule has 82 valence electrons. The van der Waals surface area contributed by atoms with Crippen LogP contribution in [0.3, 0.4) is 0 Å². The summed E-state index contributed by atoms with van der Waals surface area (Å²) in [5.41, 5.74) is 0. The van der Waals surface area contributed by atoms with Crippen molar-refractivity contribution in [2.24, 2.45) is 0 Å². The molecule has 0 aromatic rings. The van der Waals surface area contributed by atoms with Gasteiger partial charge in [0.25, 0.3) is 0 Å². The van der Waals surface area contributed by atoms with E-state index in [0.29, 0.717) is 12.1 Å². The lowest BCUT2D eigenvalue weighted by atomic mass is 10.2. The molecule has 1 saturated heterocycles. The van der Waals surface area contributed by atoms with Crippen molar-refractivity contribution in [2.45, 2.75) is 25.9 Å². The minimum atomic E-state index is 0.613. The van der Waals surface area contributed by atoms with Crippen molar-refractivity contribution < 1.29 is 0 Å². The molecule has 1 fully saturated rings. The molecular formula is C11H22N2S. The standard InChI is InChI=1S/C11H22N2S/c1-4-6-13(10(2)3)8-11-9-14-7-5-12-11/h4,10-12H,1,5-9H2,2-3H3. The van der Waals surface area contributed by atoms with E-state index in [0.717, 1.165) is 19.6 Å². The molecule has 0 bridgehead atoms. The van der Waals surface area contributed by atoms with Crippen LogP contribution in [0.25, 0.3) is 0 Å². The van der Waals surface area contributed by atoms with Gasteiger partial charge in [0.1, 0.15) is 0 Å². The van der Waals surface area contributed by atoms with E-state index in [1.54, 1.807) is 0 Å². The van der Waals surface area contributed by atoms with E-state index in [9.17, 15) is 0 Å². The Kier molecular flexibility index (Phi) is 5.60. The summed E-state index contributed by atoms with van der Waals surface area (Å²) in [7, 11) is 0. The number of nitrogens with one attached hydrogen (secondary N) is 1. The highest BCUT2D eigenvalue weighted by molar-refractivity contribution is 7.99. The molecule has 0 saturated carbocycles. The lowest BCUT2D eigenvalue weighted by molar-refractivity contribution is 0.224. The van der Waals surface area contributed by atoms with Gasteiger partial charge in [-0.15, -0.1) is 6.58 Å². The van der Waals surface area contributed by atoms with Crippen molar-refractivity contribution in [3.8, 4) is 0 Å². The molecule has 1 aliphatic heterocycles. The minimum Gasteiger partial charge on any atom is -0.311 e. The van der Waals surface area contributed by atoms with Crippen LogP contribution in [-0.2, 0) is 0 Å². The Bertz CT molecular complexity index is 165.